The Balaban J connectivity index is 1.34. The zero-order chi connectivity index (χ0) is 28.8. The van der Waals surface area contributed by atoms with Crippen LogP contribution < -0.4 is 15.5 Å². The number of carbonyl (C=O) groups excluding carboxylic acids is 2. The number of piperazine rings is 1. The number of H-pyrrole nitrogens is 1. The molecule has 0 unspecified atom stereocenters. The number of amides is 3. The van der Waals surface area contributed by atoms with E-state index in [-0.39, 0.29) is 23.6 Å². The number of likely N-dealkylation sites (N-methyl/N-ethyl adjacent to an activating group) is 1. The van der Waals surface area contributed by atoms with E-state index in [1.165, 1.54) is 6.07 Å². The summed E-state index contributed by atoms with van der Waals surface area (Å²) in [5.74, 6) is -0.309. The lowest BCUT2D eigenvalue weighted by atomic mass is 10.0. The van der Waals surface area contributed by atoms with Crippen molar-refractivity contribution in [2.45, 2.75) is 25.9 Å². The standard InChI is InChI=1S/C26H28Cl2N8O4/c1-26(2)22-16(14-35(26)25(38)29-21-17(27)5-4-6-18(21)28)23(32-31-22)30-24(37)15-7-8-19(20(13-15)36(39)40)34-11-9-33(3)10-12-34/h4-8,13H,9-12,14H2,1-3H3,(H,29,38)(H2,30,31,32,37). The highest BCUT2D eigenvalue weighted by atomic mass is 35.5. The van der Waals surface area contributed by atoms with Gasteiger partial charge in [0.15, 0.2) is 5.82 Å². The summed E-state index contributed by atoms with van der Waals surface area (Å²) in [7, 11) is 2.01. The summed E-state index contributed by atoms with van der Waals surface area (Å²) in [5.41, 5.74) is 1.26. The van der Waals surface area contributed by atoms with Crippen molar-refractivity contribution in [1.29, 1.82) is 0 Å². The van der Waals surface area contributed by atoms with Crippen molar-refractivity contribution in [2.24, 2.45) is 0 Å². The van der Waals surface area contributed by atoms with Gasteiger partial charge in [0.2, 0.25) is 0 Å². The summed E-state index contributed by atoms with van der Waals surface area (Å²) in [6.07, 6.45) is 0. The second-order valence-electron chi connectivity index (χ2n) is 10.3. The molecule has 3 heterocycles. The normalized spacial score (nSPS) is 16.5. The summed E-state index contributed by atoms with van der Waals surface area (Å²) in [6, 6.07) is 8.97. The number of fused-ring (bicyclic) bond motifs is 1. The Morgan fingerprint density at radius 1 is 1.07 bits per heavy atom. The summed E-state index contributed by atoms with van der Waals surface area (Å²) in [6.45, 7) is 6.73. The first-order chi connectivity index (χ1) is 19.0. The lowest BCUT2D eigenvalue weighted by Gasteiger charge is -2.33. The van der Waals surface area contributed by atoms with Crippen LogP contribution in [0.4, 0.5) is 27.7 Å². The Bertz CT molecular complexity index is 1480. The highest BCUT2D eigenvalue weighted by Gasteiger charge is 2.44. The molecule has 0 saturated carbocycles. The maximum absolute atomic E-state index is 13.2. The number of hydrogen-bond donors (Lipinski definition) is 3. The lowest BCUT2D eigenvalue weighted by molar-refractivity contribution is -0.384. The second kappa shape index (κ2) is 10.6. The number of nitro groups is 1. The van der Waals surface area contributed by atoms with Crippen molar-refractivity contribution in [1.82, 2.24) is 20.0 Å². The molecule has 0 aliphatic carbocycles. The maximum Gasteiger partial charge on any atom is 0.323 e. The van der Waals surface area contributed by atoms with Crippen molar-refractivity contribution in [3.8, 4) is 0 Å². The van der Waals surface area contributed by atoms with Crippen LogP contribution in [-0.4, -0.2) is 70.1 Å². The van der Waals surface area contributed by atoms with Gasteiger partial charge in [-0.05, 0) is 45.2 Å². The summed E-state index contributed by atoms with van der Waals surface area (Å²) >= 11 is 12.4. The van der Waals surface area contributed by atoms with Crippen LogP contribution >= 0.6 is 23.2 Å². The molecule has 3 amide bonds. The third-order valence-electron chi connectivity index (χ3n) is 7.42. The molecule has 40 heavy (non-hydrogen) atoms. The number of rotatable bonds is 5. The van der Waals surface area contributed by atoms with Crippen LogP contribution in [0, 0.1) is 10.1 Å². The molecule has 0 bridgehead atoms. The molecule has 2 aliphatic rings. The molecule has 0 spiro atoms. The quantitative estimate of drug-likeness (QED) is 0.285. The number of aromatic nitrogens is 2. The topological polar surface area (TPSA) is 140 Å². The number of hydrogen-bond acceptors (Lipinski definition) is 7. The highest BCUT2D eigenvalue weighted by Crippen LogP contribution is 2.41. The average Bonchev–Trinajstić information content (AvgIpc) is 3.43. The molecule has 12 nitrogen and oxygen atoms in total. The highest BCUT2D eigenvalue weighted by molar-refractivity contribution is 6.39. The molecular weight excluding hydrogens is 559 g/mol. The number of urea groups is 1. The van der Waals surface area contributed by atoms with Gasteiger partial charge in [-0.2, -0.15) is 5.10 Å². The van der Waals surface area contributed by atoms with E-state index >= 15 is 0 Å². The molecule has 5 rings (SSSR count). The molecule has 1 aromatic heterocycles. The van der Waals surface area contributed by atoms with Gasteiger partial charge in [0.05, 0.1) is 38.4 Å². The average molecular weight is 587 g/mol. The van der Waals surface area contributed by atoms with E-state index in [4.69, 9.17) is 23.2 Å². The van der Waals surface area contributed by atoms with E-state index < -0.39 is 22.4 Å². The number of halogens is 2. The first-order valence-corrected chi connectivity index (χ1v) is 13.4. The molecule has 0 atom stereocenters. The van der Waals surface area contributed by atoms with E-state index in [2.05, 4.69) is 25.7 Å². The first-order valence-electron chi connectivity index (χ1n) is 12.6. The van der Waals surface area contributed by atoms with Gasteiger partial charge in [-0.3, -0.25) is 20.0 Å². The van der Waals surface area contributed by atoms with Crippen molar-refractivity contribution >= 4 is 58.0 Å². The van der Waals surface area contributed by atoms with Crippen LogP contribution in [0.15, 0.2) is 36.4 Å². The molecule has 14 heteroatoms. The molecule has 1 fully saturated rings. The zero-order valence-corrected chi connectivity index (χ0v) is 23.6. The number of nitrogens with one attached hydrogen (secondary N) is 3. The minimum atomic E-state index is -0.800. The minimum absolute atomic E-state index is 0.126. The van der Waals surface area contributed by atoms with Crippen LogP contribution in [0.25, 0.3) is 0 Å². The molecule has 0 radical (unpaired) electrons. The predicted octanol–water partition coefficient (Wildman–Crippen LogP) is 4.91. The Kier molecular flexibility index (Phi) is 7.34. The van der Waals surface area contributed by atoms with E-state index in [0.29, 0.717) is 45.8 Å². The second-order valence-corrected chi connectivity index (χ2v) is 11.1. The zero-order valence-electron chi connectivity index (χ0n) is 22.1. The van der Waals surface area contributed by atoms with Crippen molar-refractivity contribution in [3.05, 3.63) is 73.4 Å². The van der Waals surface area contributed by atoms with E-state index in [1.807, 2.05) is 25.8 Å². The third-order valence-corrected chi connectivity index (χ3v) is 8.05. The number of benzene rings is 2. The van der Waals surface area contributed by atoms with Crippen LogP contribution in [0.5, 0.6) is 0 Å². The maximum atomic E-state index is 13.2. The number of anilines is 3. The summed E-state index contributed by atoms with van der Waals surface area (Å²) in [4.78, 5) is 43.5. The minimum Gasteiger partial charge on any atom is -0.363 e. The van der Waals surface area contributed by atoms with E-state index in [9.17, 15) is 19.7 Å². The largest absolute Gasteiger partial charge is 0.363 e. The van der Waals surface area contributed by atoms with Gasteiger partial charge < -0.3 is 25.3 Å². The smallest absolute Gasteiger partial charge is 0.323 e. The Morgan fingerprint density at radius 3 is 2.40 bits per heavy atom. The van der Waals surface area contributed by atoms with Gasteiger partial charge in [0.25, 0.3) is 11.6 Å². The molecular formula is C26H28Cl2N8O4. The van der Waals surface area contributed by atoms with Gasteiger partial charge >= 0.3 is 6.03 Å². The summed E-state index contributed by atoms with van der Waals surface area (Å²) in [5, 5.41) is 25.2. The fraction of sp³-hybridized carbons (Fsp3) is 0.346. The Morgan fingerprint density at radius 2 is 1.75 bits per heavy atom. The molecule has 3 aromatic rings. The van der Waals surface area contributed by atoms with Gasteiger partial charge in [-0.1, -0.05) is 29.3 Å². The number of aromatic amines is 1. The van der Waals surface area contributed by atoms with E-state index in [1.54, 1.807) is 35.2 Å². The van der Waals surface area contributed by atoms with Gasteiger partial charge in [0.1, 0.15) is 5.69 Å². The molecule has 3 N–H and O–H groups in total. The van der Waals surface area contributed by atoms with Crippen molar-refractivity contribution in [3.63, 3.8) is 0 Å². The number of nitrogens with zero attached hydrogens (tertiary/aromatic N) is 5. The Labute approximate surface area is 240 Å². The number of para-hydroxylation sites is 1. The van der Waals surface area contributed by atoms with E-state index in [0.717, 1.165) is 13.1 Å². The molecule has 210 valence electrons. The molecule has 2 aromatic carbocycles. The SMILES string of the molecule is CN1CCN(c2ccc(C(=O)Nc3n[nH]c4c3CN(C(=O)Nc3c(Cl)cccc3Cl)C4(C)C)cc2[N+](=O)[O-])CC1. The first kappa shape index (κ1) is 27.7. The molecule has 1 saturated heterocycles. The predicted molar refractivity (Wildman–Crippen MR) is 153 cm³/mol. The monoisotopic (exact) mass is 586 g/mol. The van der Waals surface area contributed by atoms with Gasteiger partial charge in [-0.25, -0.2) is 4.79 Å². The number of nitro benzene ring substituents is 1. The van der Waals surface area contributed by atoms with Crippen molar-refractivity contribution in [2.75, 3.05) is 48.8 Å². The van der Waals surface area contributed by atoms with Gasteiger partial charge in [-0.15, -0.1) is 0 Å². The Hall–Kier alpha value is -3.87. The lowest BCUT2D eigenvalue weighted by Crippen LogP contribution is -2.44. The molecule has 2 aliphatic heterocycles. The van der Waals surface area contributed by atoms with Gasteiger partial charge in [0, 0.05) is 43.4 Å². The summed E-state index contributed by atoms with van der Waals surface area (Å²) < 4.78 is 0. The number of carbonyl (C=O) groups is 2. The van der Waals surface area contributed by atoms with Crippen molar-refractivity contribution < 1.29 is 14.5 Å². The third kappa shape index (κ3) is 5.05. The van der Waals surface area contributed by atoms with Crippen LogP contribution in [0.2, 0.25) is 10.0 Å². The van der Waals surface area contributed by atoms with Crippen LogP contribution in [0.1, 0.15) is 35.5 Å². The fourth-order valence-electron chi connectivity index (χ4n) is 5.04. The van der Waals surface area contributed by atoms with Crippen LogP contribution in [0.3, 0.4) is 0 Å². The fourth-order valence-corrected chi connectivity index (χ4v) is 5.53. The van der Waals surface area contributed by atoms with Crippen LogP contribution in [-0.2, 0) is 12.1 Å².